The van der Waals surface area contributed by atoms with Crippen LogP contribution in [0.2, 0.25) is 0 Å². The molecule has 1 aliphatic rings. The molecule has 0 aliphatic carbocycles. The van der Waals surface area contributed by atoms with Gasteiger partial charge in [0, 0.05) is 25.6 Å². The van der Waals surface area contributed by atoms with Gasteiger partial charge in [0.1, 0.15) is 0 Å². The molecular weight excluding hydrogens is 244 g/mol. The molecule has 3 atom stereocenters. The number of hydrogen-bond donors (Lipinski definition) is 2. The summed E-state index contributed by atoms with van der Waals surface area (Å²) in [7, 11) is 0. The van der Waals surface area contributed by atoms with Crippen molar-refractivity contribution in [1.82, 2.24) is 10.2 Å². The molecule has 1 fully saturated rings. The van der Waals surface area contributed by atoms with E-state index in [-0.39, 0.29) is 18.5 Å². The summed E-state index contributed by atoms with van der Waals surface area (Å²) in [5, 5.41) is 11.5. The molecule has 1 rings (SSSR count). The summed E-state index contributed by atoms with van der Waals surface area (Å²) in [6.07, 6.45) is 2.53. The Morgan fingerprint density at radius 3 is 2.63 bits per heavy atom. The van der Waals surface area contributed by atoms with E-state index in [1.165, 1.54) is 0 Å². The number of carbonyl (C=O) groups is 2. The number of rotatable bonds is 5. The zero-order chi connectivity index (χ0) is 14.4. The number of nitrogens with zero attached hydrogens (tertiary/aromatic N) is 1. The van der Waals surface area contributed by atoms with Crippen molar-refractivity contribution >= 4 is 12.0 Å². The normalized spacial score (nSPS) is 24.9. The van der Waals surface area contributed by atoms with Crippen LogP contribution >= 0.6 is 0 Å². The maximum atomic E-state index is 12.1. The van der Waals surface area contributed by atoms with E-state index in [4.69, 9.17) is 5.11 Å². The molecule has 2 N–H and O–H groups in total. The Bertz CT molecular complexity index is 320. The first kappa shape index (κ1) is 15.8. The average molecular weight is 270 g/mol. The molecule has 1 saturated heterocycles. The molecular formula is C14H26N2O3. The smallest absolute Gasteiger partial charge is 0.317 e. The first-order valence-corrected chi connectivity index (χ1v) is 7.17. The summed E-state index contributed by atoms with van der Waals surface area (Å²) in [4.78, 5) is 24.4. The molecule has 1 heterocycles. The highest BCUT2D eigenvalue weighted by atomic mass is 16.4. The number of piperidine rings is 1. The highest BCUT2D eigenvalue weighted by Crippen LogP contribution is 2.22. The number of carbonyl (C=O) groups excluding carboxylic acids is 1. The number of aliphatic carboxylic acids is 1. The van der Waals surface area contributed by atoms with E-state index < -0.39 is 5.97 Å². The lowest BCUT2D eigenvalue weighted by Crippen LogP contribution is -2.49. The van der Waals surface area contributed by atoms with E-state index in [0.717, 1.165) is 19.5 Å². The summed E-state index contributed by atoms with van der Waals surface area (Å²) in [6, 6.07) is 0.0167. The fourth-order valence-corrected chi connectivity index (χ4v) is 2.38. The summed E-state index contributed by atoms with van der Waals surface area (Å²) >= 11 is 0. The van der Waals surface area contributed by atoms with Gasteiger partial charge in [0.15, 0.2) is 0 Å². The Labute approximate surface area is 115 Å². The van der Waals surface area contributed by atoms with Crippen LogP contribution in [0.4, 0.5) is 4.79 Å². The summed E-state index contributed by atoms with van der Waals surface area (Å²) in [5.74, 6) is 0.441. The van der Waals surface area contributed by atoms with Crippen LogP contribution in [-0.4, -0.2) is 41.1 Å². The second-order valence-corrected chi connectivity index (χ2v) is 5.83. The van der Waals surface area contributed by atoms with E-state index in [0.29, 0.717) is 24.7 Å². The van der Waals surface area contributed by atoms with Crippen LogP contribution in [-0.2, 0) is 4.79 Å². The predicted molar refractivity (Wildman–Crippen MR) is 74.0 cm³/mol. The van der Waals surface area contributed by atoms with Crippen LogP contribution in [0.15, 0.2) is 0 Å². The molecule has 19 heavy (non-hydrogen) atoms. The van der Waals surface area contributed by atoms with Crippen LogP contribution in [0.1, 0.15) is 46.5 Å². The minimum atomic E-state index is -0.780. The van der Waals surface area contributed by atoms with E-state index in [1.807, 2.05) is 11.8 Å². The third kappa shape index (κ3) is 5.49. The van der Waals surface area contributed by atoms with Gasteiger partial charge in [0.25, 0.3) is 0 Å². The topological polar surface area (TPSA) is 69.6 Å². The monoisotopic (exact) mass is 270 g/mol. The molecule has 0 spiro atoms. The molecule has 0 aromatic heterocycles. The van der Waals surface area contributed by atoms with Gasteiger partial charge in [-0.1, -0.05) is 13.8 Å². The molecule has 5 heteroatoms. The lowest BCUT2D eigenvalue weighted by molar-refractivity contribution is -0.137. The van der Waals surface area contributed by atoms with E-state index in [9.17, 15) is 9.59 Å². The zero-order valence-electron chi connectivity index (χ0n) is 12.2. The maximum absolute atomic E-state index is 12.1. The summed E-state index contributed by atoms with van der Waals surface area (Å²) in [5.41, 5.74) is 0. The van der Waals surface area contributed by atoms with Crippen molar-refractivity contribution in [3.63, 3.8) is 0 Å². The molecule has 1 aliphatic heterocycles. The quantitative estimate of drug-likeness (QED) is 0.805. The Hall–Kier alpha value is -1.26. The second kappa shape index (κ2) is 7.36. The van der Waals surface area contributed by atoms with Gasteiger partial charge in [-0.25, -0.2) is 4.79 Å². The van der Waals surface area contributed by atoms with Crippen LogP contribution in [0, 0.1) is 11.8 Å². The summed E-state index contributed by atoms with van der Waals surface area (Å²) < 4.78 is 0. The number of likely N-dealkylation sites (tertiary alicyclic amines) is 1. The number of nitrogens with one attached hydrogen (secondary N) is 1. The molecule has 2 amide bonds. The third-order valence-electron chi connectivity index (χ3n) is 4.02. The van der Waals surface area contributed by atoms with Crippen molar-refractivity contribution in [2.45, 2.75) is 52.5 Å². The minimum Gasteiger partial charge on any atom is -0.481 e. The fraction of sp³-hybridized carbons (Fsp3) is 0.857. The minimum absolute atomic E-state index is 0.0124. The van der Waals surface area contributed by atoms with Gasteiger partial charge in [-0.3, -0.25) is 4.79 Å². The van der Waals surface area contributed by atoms with Crippen molar-refractivity contribution in [3.05, 3.63) is 0 Å². The molecule has 0 saturated carbocycles. The number of hydrogen-bond acceptors (Lipinski definition) is 2. The standard InChI is InChI=1S/C14H26N2O3/c1-10-7-8-16(9-11(10)2)14(19)15-12(3)5-4-6-13(17)18/h10-12H,4-9H2,1-3H3,(H,15,19)(H,17,18). The number of carboxylic acid groups (broad SMARTS) is 1. The highest BCUT2D eigenvalue weighted by molar-refractivity contribution is 5.74. The summed E-state index contributed by atoms with van der Waals surface area (Å²) in [6.45, 7) is 7.97. The fourth-order valence-electron chi connectivity index (χ4n) is 2.38. The zero-order valence-corrected chi connectivity index (χ0v) is 12.2. The Balaban J connectivity index is 2.28. The lowest BCUT2D eigenvalue weighted by atomic mass is 9.89. The largest absolute Gasteiger partial charge is 0.481 e. The van der Waals surface area contributed by atoms with Gasteiger partial charge in [0.05, 0.1) is 0 Å². The van der Waals surface area contributed by atoms with Gasteiger partial charge in [-0.2, -0.15) is 0 Å². The molecule has 0 radical (unpaired) electrons. The Morgan fingerprint density at radius 2 is 2.05 bits per heavy atom. The van der Waals surface area contributed by atoms with Crippen molar-refractivity contribution in [1.29, 1.82) is 0 Å². The molecule has 0 aromatic carbocycles. The van der Waals surface area contributed by atoms with Crippen LogP contribution in [0.25, 0.3) is 0 Å². The Morgan fingerprint density at radius 1 is 1.37 bits per heavy atom. The van der Waals surface area contributed by atoms with Crippen LogP contribution in [0.3, 0.4) is 0 Å². The Kier molecular flexibility index (Phi) is 6.12. The molecule has 0 bridgehead atoms. The number of carboxylic acids is 1. The molecule has 5 nitrogen and oxygen atoms in total. The first-order chi connectivity index (χ1) is 8.90. The average Bonchev–Trinajstić information content (AvgIpc) is 2.32. The van der Waals surface area contributed by atoms with Crippen molar-refractivity contribution in [2.75, 3.05) is 13.1 Å². The van der Waals surface area contributed by atoms with Gasteiger partial charge in [-0.15, -0.1) is 0 Å². The van der Waals surface area contributed by atoms with E-state index >= 15 is 0 Å². The third-order valence-corrected chi connectivity index (χ3v) is 4.02. The maximum Gasteiger partial charge on any atom is 0.317 e. The first-order valence-electron chi connectivity index (χ1n) is 7.17. The molecule has 3 unspecified atom stereocenters. The van der Waals surface area contributed by atoms with Gasteiger partial charge < -0.3 is 15.3 Å². The molecule has 110 valence electrons. The second-order valence-electron chi connectivity index (χ2n) is 5.83. The number of urea groups is 1. The van der Waals surface area contributed by atoms with Crippen molar-refractivity contribution in [2.24, 2.45) is 11.8 Å². The van der Waals surface area contributed by atoms with Gasteiger partial charge in [-0.05, 0) is 38.0 Å². The number of amides is 2. The van der Waals surface area contributed by atoms with Gasteiger partial charge >= 0.3 is 12.0 Å². The lowest BCUT2D eigenvalue weighted by Gasteiger charge is -2.35. The predicted octanol–water partition coefficient (Wildman–Crippen LogP) is 2.32. The van der Waals surface area contributed by atoms with Crippen molar-refractivity contribution in [3.8, 4) is 0 Å². The molecule has 0 aromatic rings. The van der Waals surface area contributed by atoms with E-state index in [1.54, 1.807) is 0 Å². The SMILES string of the molecule is CC(CCCC(=O)O)NC(=O)N1CCC(C)C(C)C1. The van der Waals surface area contributed by atoms with Gasteiger partial charge in [0.2, 0.25) is 0 Å². The van der Waals surface area contributed by atoms with E-state index in [2.05, 4.69) is 19.2 Å². The van der Waals surface area contributed by atoms with Crippen molar-refractivity contribution < 1.29 is 14.7 Å². The highest BCUT2D eigenvalue weighted by Gasteiger charge is 2.26. The van der Waals surface area contributed by atoms with Crippen LogP contribution in [0.5, 0.6) is 0 Å². The van der Waals surface area contributed by atoms with Crippen LogP contribution < -0.4 is 5.32 Å².